The molecule has 0 saturated carbocycles. The predicted molar refractivity (Wildman–Crippen MR) is 104 cm³/mol. The van der Waals surface area contributed by atoms with Gasteiger partial charge in [0.15, 0.2) is 0 Å². The van der Waals surface area contributed by atoms with E-state index < -0.39 is 0 Å². The summed E-state index contributed by atoms with van der Waals surface area (Å²) in [4.78, 5) is 34.1. The van der Waals surface area contributed by atoms with Crippen LogP contribution in [0.5, 0.6) is 0 Å². The van der Waals surface area contributed by atoms with Gasteiger partial charge in [-0.1, -0.05) is 24.3 Å². The maximum absolute atomic E-state index is 12.5. The van der Waals surface area contributed by atoms with Gasteiger partial charge in [0.25, 0.3) is 5.56 Å². The SMILES string of the molecule is NC(=O)C1CCCN(Cc2ccccc2-c2nc3c(c(=O)[nH]2)CCCC3)C1. The van der Waals surface area contributed by atoms with E-state index in [4.69, 9.17) is 10.7 Å². The number of amides is 1. The van der Waals surface area contributed by atoms with Crippen LogP contribution in [0.2, 0.25) is 0 Å². The summed E-state index contributed by atoms with van der Waals surface area (Å²) in [6.07, 6.45) is 5.69. The van der Waals surface area contributed by atoms with Gasteiger partial charge in [-0.15, -0.1) is 0 Å². The molecule has 142 valence electrons. The van der Waals surface area contributed by atoms with Crippen LogP contribution in [-0.4, -0.2) is 33.9 Å². The second-order valence-corrected chi connectivity index (χ2v) is 7.68. The topological polar surface area (TPSA) is 92.1 Å². The molecule has 0 spiro atoms. The van der Waals surface area contributed by atoms with Crippen LogP contribution in [0.15, 0.2) is 29.1 Å². The molecule has 2 aromatic rings. The molecule has 2 aliphatic rings. The fourth-order valence-electron chi connectivity index (χ4n) is 4.29. The van der Waals surface area contributed by atoms with Gasteiger partial charge in [-0.3, -0.25) is 14.5 Å². The van der Waals surface area contributed by atoms with Crippen LogP contribution in [0.1, 0.15) is 42.5 Å². The lowest BCUT2D eigenvalue weighted by Crippen LogP contribution is -2.40. The van der Waals surface area contributed by atoms with Crippen molar-refractivity contribution in [3.63, 3.8) is 0 Å². The Morgan fingerprint density at radius 2 is 2.04 bits per heavy atom. The number of H-pyrrole nitrogens is 1. The summed E-state index contributed by atoms with van der Waals surface area (Å²) in [7, 11) is 0. The Labute approximate surface area is 158 Å². The van der Waals surface area contributed by atoms with Gasteiger partial charge in [-0.05, 0) is 50.6 Å². The van der Waals surface area contributed by atoms with Crippen LogP contribution in [0.4, 0.5) is 0 Å². The Morgan fingerprint density at radius 3 is 2.89 bits per heavy atom. The molecular weight excluding hydrogens is 340 g/mol. The van der Waals surface area contributed by atoms with E-state index in [9.17, 15) is 9.59 Å². The maximum atomic E-state index is 12.5. The van der Waals surface area contributed by atoms with Crippen molar-refractivity contribution in [3.8, 4) is 11.4 Å². The largest absolute Gasteiger partial charge is 0.369 e. The molecule has 4 rings (SSSR count). The summed E-state index contributed by atoms with van der Waals surface area (Å²) in [5.74, 6) is 0.362. The van der Waals surface area contributed by atoms with Crippen molar-refractivity contribution in [1.82, 2.24) is 14.9 Å². The number of carbonyl (C=O) groups excluding carboxylic acids is 1. The minimum atomic E-state index is -0.214. The highest BCUT2D eigenvalue weighted by Crippen LogP contribution is 2.25. The summed E-state index contributed by atoms with van der Waals surface area (Å²) in [5.41, 5.74) is 9.38. The number of hydrogen-bond donors (Lipinski definition) is 2. The first-order valence-electron chi connectivity index (χ1n) is 9.84. The van der Waals surface area contributed by atoms with Crippen LogP contribution < -0.4 is 11.3 Å². The van der Waals surface area contributed by atoms with E-state index in [1.165, 1.54) is 0 Å². The third-order valence-corrected chi connectivity index (χ3v) is 5.77. The molecule has 6 nitrogen and oxygen atoms in total. The van der Waals surface area contributed by atoms with Crippen LogP contribution in [0.25, 0.3) is 11.4 Å². The summed E-state index contributed by atoms with van der Waals surface area (Å²) in [6, 6.07) is 8.06. The smallest absolute Gasteiger partial charge is 0.254 e. The normalized spacial score (nSPS) is 20.2. The molecule has 3 N–H and O–H groups in total. The molecule has 27 heavy (non-hydrogen) atoms. The zero-order chi connectivity index (χ0) is 18.8. The second kappa shape index (κ2) is 7.64. The molecule has 6 heteroatoms. The van der Waals surface area contributed by atoms with E-state index in [-0.39, 0.29) is 17.4 Å². The number of aryl methyl sites for hydroxylation is 1. The molecule has 1 atom stereocenters. The number of aromatic nitrogens is 2. The number of rotatable bonds is 4. The molecule has 1 aliphatic carbocycles. The first kappa shape index (κ1) is 17.9. The van der Waals surface area contributed by atoms with Crippen molar-refractivity contribution in [2.75, 3.05) is 13.1 Å². The molecule has 0 bridgehead atoms. The van der Waals surface area contributed by atoms with Gasteiger partial charge in [0, 0.05) is 24.2 Å². The van der Waals surface area contributed by atoms with Gasteiger partial charge in [-0.25, -0.2) is 4.98 Å². The number of aromatic amines is 1. The number of piperidine rings is 1. The Balaban J connectivity index is 1.63. The second-order valence-electron chi connectivity index (χ2n) is 7.68. The zero-order valence-electron chi connectivity index (χ0n) is 15.5. The monoisotopic (exact) mass is 366 g/mol. The van der Waals surface area contributed by atoms with Gasteiger partial charge in [0.05, 0.1) is 11.6 Å². The molecule has 1 saturated heterocycles. The zero-order valence-corrected chi connectivity index (χ0v) is 15.5. The number of likely N-dealkylation sites (tertiary alicyclic amines) is 1. The van der Waals surface area contributed by atoms with Crippen LogP contribution in [0, 0.1) is 5.92 Å². The van der Waals surface area contributed by atoms with Crippen molar-refractivity contribution < 1.29 is 4.79 Å². The average Bonchev–Trinajstić information content (AvgIpc) is 2.68. The van der Waals surface area contributed by atoms with Crippen LogP contribution in [0.3, 0.4) is 0 Å². The van der Waals surface area contributed by atoms with Crippen molar-refractivity contribution in [2.24, 2.45) is 11.7 Å². The molecule has 1 fully saturated rings. The molecule has 2 heterocycles. The Hall–Kier alpha value is -2.47. The summed E-state index contributed by atoms with van der Waals surface area (Å²) < 4.78 is 0. The van der Waals surface area contributed by atoms with Gasteiger partial charge >= 0.3 is 0 Å². The highest BCUT2D eigenvalue weighted by Gasteiger charge is 2.25. The van der Waals surface area contributed by atoms with Gasteiger partial charge in [-0.2, -0.15) is 0 Å². The number of nitrogens with one attached hydrogen (secondary N) is 1. The lowest BCUT2D eigenvalue weighted by molar-refractivity contribution is -0.123. The lowest BCUT2D eigenvalue weighted by atomic mass is 9.95. The third-order valence-electron chi connectivity index (χ3n) is 5.77. The Kier molecular flexibility index (Phi) is 5.07. The lowest BCUT2D eigenvalue weighted by Gasteiger charge is -2.31. The van der Waals surface area contributed by atoms with Crippen molar-refractivity contribution >= 4 is 5.91 Å². The van der Waals surface area contributed by atoms with Crippen LogP contribution in [-0.2, 0) is 24.2 Å². The quantitative estimate of drug-likeness (QED) is 0.866. The van der Waals surface area contributed by atoms with Crippen molar-refractivity contribution in [3.05, 3.63) is 51.4 Å². The molecule has 0 radical (unpaired) electrons. The van der Waals surface area contributed by atoms with Gasteiger partial charge < -0.3 is 10.7 Å². The number of carbonyl (C=O) groups is 1. The van der Waals surface area contributed by atoms with E-state index in [2.05, 4.69) is 16.0 Å². The standard InChI is InChI=1S/C21H26N4O2/c22-19(26)15-7-5-11-25(13-15)12-14-6-1-2-8-16(14)20-23-18-10-4-3-9-17(18)21(27)24-20/h1-2,6,8,15H,3-5,7,9-13H2,(H2,22,26)(H,23,24,27). The minimum absolute atomic E-state index is 0.00346. The number of fused-ring (bicyclic) bond motifs is 1. The number of benzene rings is 1. The van der Waals surface area contributed by atoms with Crippen molar-refractivity contribution in [2.45, 2.75) is 45.1 Å². The minimum Gasteiger partial charge on any atom is -0.369 e. The van der Waals surface area contributed by atoms with Crippen molar-refractivity contribution in [1.29, 1.82) is 0 Å². The fraction of sp³-hybridized carbons (Fsp3) is 0.476. The van der Waals surface area contributed by atoms with E-state index in [1.54, 1.807) is 0 Å². The first-order valence-corrected chi connectivity index (χ1v) is 9.84. The van der Waals surface area contributed by atoms with E-state index in [0.29, 0.717) is 12.4 Å². The molecule has 1 aliphatic heterocycles. The highest BCUT2D eigenvalue weighted by atomic mass is 16.1. The Bertz CT molecular complexity index is 905. The van der Waals surface area contributed by atoms with E-state index in [0.717, 1.165) is 74.0 Å². The molecule has 1 aromatic carbocycles. The third kappa shape index (κ3) is 3.81. The molecule has 1 aromatic heterocycles. The van der Waals surface area contributed by atoms with E-state index in [1.807, 2.05) is 18.2 Å². The maximum Gasteiger partial charge on any atom is 0.254 e. The number of hydrogen-bond acceptors (Lipinski definition) is 4. The summed E-state index contributed by atoms with van der Waals surface area (Å²) in [5, 5.41) is 0. The van der Waals surface area contributed by atoms with Gasteiger partial charge in [0.2, 0.25) is 5.91 Å². The molecular formula is C21H26N4O2. The number of nitrogens with zero attached hydrogens (tertiary/aromatic N) is 2. The Morgan fingerprint density at radius 1 is 1.22 bits per heavy atom. The highest BCUT2D eigenvalue weighted by molar-refractivity contribution is 5.77. The van der Waals surface area contributed by atoms with E-state index >= 15 is 0 Å². The van der Waals surface area contributed by atoms with Gasteiger partial charge in [0.1, 0.15) is 5.82 Å². The average molecular weight is 366 g/mol. The molecule has 1 amide bonds. The predicted octanol–water partition coefficient (Wildman–Crippen LogP) is 2.01. The van der Waals surface area contributed by atoms with Crippen LogP contribution >= 0.6 is 0 Å². The number of primary amides is 1. The fourth-order valence-corrected chi connectivity index (χ4v) is 4.29. The summed E-state index contributed by atoms with van der Waals surface area (Å²) >= 11 is 0. The first-order chi connectivity index (χ1) is 13.1. The number of nitrogens with two attached hydrogens (primary N) is 1. The summed E-state index contributed by atoms with van der Waals surface area (Å²) in [6.45, 7) is 2.37. The molecule has 1 unspecified atom stereocenters.